The minimum atomic E-state index is -2.54. The van der Waals surface area contributed by atoms with Crippen LogP contribution in [0.5, 0.6) is 34.5 Å². The largest absolute Gasteiger partial charge is 0.508 e. The van der Waals surface area contributed by atoms with E-state index in [1.165, 1.54) is 18.5 Å². The topological polar surface area (TPSA) is 266 Å². The van der Waals surface area contributed by atoms with Gasteiger partial charge in [-0.25, -0.2) is 14.8 Å². The number of aliphatic hydroxyl groups is 4. The highest BCUT2D eigenvalue weighted by Gasteiger charge is 2.59. The van der Waals surface area contributed by atoms with Gasteiger partial charge in [-0.3, -0.25) is 10.4 Å². The zero-order chi connectivity index (χ0) is 43.3. The van der Waals surface area contributed by atoms with E-state index < -0.39 is 60.0 Å². The van der Waals surface area contributed by atoms with E-state index in [0.29, 0.717) is 42.7 Å². The maximum absolute atomic E-state index is 12.6. The van der Waals surface area contributed by atoms with Gasteiger partial charge in [-0.1, -0.05) is 24.3 Å². The smallest absolute Gasteiger partial charge is 0.336 e. The summed E-state index contributed by atoms with van der Waals surface area (Å²) < 4.78 is 31.3. The summed E-state index contributed by atoms with van der Waals surface area (Å²) in [7, 11) is 0. The highest BCUT2D eigenvalue weighted by molar-refractivity contribution is 6.14. The summed E-state index contributed by atoms with van der Waals surface area (Å²) >= 11 is 0. The van der Waals surface area contributed by atoms with E-state index in [2.05, 4.69) is 15.0 Å². The molecule has 8 N–H and O–H groups in total. The minimum absolute atomic E-state index is 0.0540. The molecule has 4 heterocycles. The number of aromatic hydroxyl groups is 2. The van der Waals surface area contributed by atoms with Gasteiger partial charge in [0.15, 0.2) is 17.6 Å². The number of carbonyl (C=O) groups is 1. The number of aliphatic hydroxyl groups excluding tert-OH is 3. The van der Waals surface area contributed by atoms with Gasteiger partial charge in [-0.05, 0) is 74.4 Å². The first-order valence-electron chi connectivity index (χ1n) is 20.6. The van der Waals surface area contributed by atoms with Crippen molar-refractivity contribution in [3.63, 3.8) is 0 Å². The Morgan fingerprint density at radius 1 is 1.03 bits per heavy atom. The fourth-order valence-corrected chi connectivity index (χ4v) is 9.54. The summed E-state index contributed by atoms with van der Waals surface area (Å²) in [4.78, 5) is 24.7. The molecular weight excluding hydrogens is 805 g/mol. The molecule has 8 atom stereocenters. The molecule has 62 heavy (non-hydrogen) atoms. The van der Waals surface area contributed by atoms with Crippen LogP contribution in [-0.2, 0) is 21.6 Å². The van der Waals surface area contributed by atoms with E-state index in [4.69, 9.17) is 29.1 Å². The summed E-state index contributed by atoms with van der Waals surface area (Å²) in [5, 5.41) is 87.2. The molecule has 0 aromatic heterocycles. The van der Waals surface area contributed by atoms with Crippen LogP contribution in [0.4, 0.5) is 0 Å². The normalized spacial score (nSPS) is 29.7. The Bertz CT molecular complexity index is 2450. The van der Waals surface area contributed by atoms with E-state index in [1.54, 1.807) is 48.6 Å². The number of phenols is 2. The molecule has 17 nitrogen and oxygen atoms in total. The van der Waals surface area contributed by atoms with Gasteiger partial charge in [-0.2, -0.15) is 0 Å². The number of nitrogens with one attached hydrogen (secondary N) is 1. The third-order valence-electron chi connectivity index (χ3n) is 12.6. The van der Waals surface area contributed by atoms with E-state index in [9.17, 15) is 40.5 Å². The number of hydrogen-bond donors (Lipinski definition) is 8. The first-order chi connectivity index (χ1) is 29.8. The van der Waals surface area contributed by atoms with Crippen LogP contribution in [0.25, 0.3) is 5.76 Å². The molecule has 17 heteroatoms. The zero-order valence-electron chi connectivity index (χ0n) is 33.4. The third-order valence-corrected chi connectivity index (χ3v) is 12.6. The molecule has 324 valence electrons. The first-order valence-corrected chi connectivity index (χ1v) is 20.6. The molecule has 2 fully saturated rings. The standard InChI is InChI=1S/C45H46N4O13/c46-35-14-11-25(49-35)15-17-58-27-12-9-23(10-13-27)32-18-31(51)36-33(59-32)19-34(60-43-38(53)40(54)44(57,41(61-43)42(55)56)20-26-21-47-22-48-26)39(37(36)52)62-45-16-3-5-24(45)4-1-6-28-29(45)7-2-8-30(28)50/h2,7-14,18-19,22,24,32,38,40-41,43,46,50-54,57H,1,3-6,15-17,20-21H2,(H,55,56)/t24-,32?,38+,40-,41+,43+,44-,45+/m0/s1. The molecule has 1 saturated carbocycles. The number of rotatable bonds is 12. The molecule has 6 aliphatic rings. The molecule has 0 spiro atoms. The maximum Gasteiger partial charge on any atom is 0.336 e. The van der Waals surface area contributed by atoms with Crippen molar-refractivity contribution in [1.29, 1.82) is 5.41 Å². The summed E-state index contributed by atoms with van der Waals surface area (Å²) in [5.41, 5.74) is -0.717. The Morgan fingerprint density at radius 3 is 2.58 bits per heavy atom. The molecule has 0 bridgehead atoms. The number of hydrogen-bond acceptors (Lipinski definition) is 15. The number of benzene rings is 3. The molecule has 2 aliphatic carbocycles. The lowest BCUT2D eigenvalue weighted by Gasteiger charge is -2.46. The van der Waals surface area contributed by atoms with Crippen LogP contribution in [0.3, 0.4) is 0 Å². The molecule has 1 saturated heterocycles. The van der Waals surface area contributed by atoms with Gasteiger partial charge in [-0.15, -0.1) is 0 Å². The minimum Gasteiger partial charge on any atom is -0.508 e. The average molecular weight is 851 g/mol. The molecule has 3 aromatic carbocycles. The molecule has 0 amide bonds. The van der Waals surface area contributed by atoms with E-state index in [-0.39, 0.29) is 58.3 Å². The molecule has 4 aliphatic heterocycles. The summed E-state index contributed by atoms with van der Waals surface area (Å²) in [6.45, 7) is 0.386. The lowest BCUT2D eigenvalue weighted by molar-refractivity contribution is -0.303. The lowest BCUT2D eigenvalue weighted by Crippen LogP contribution is -2.69. The van der Waals surface area contributed by atoms with Gasteiger partial charge >= 0.3 is 5.97 Å². The number of phenolic OH excluding ortho intramolecular Hbond substituents is 2. The van der Waals surface area contributed by atoms with Gasteiger partial charge in [0.2, 0.25) is 12.0 Å². The number of carboxylic acid groups (broad SMARTS) is 1. The van der Waals surface area contributed by atoms with Crippen LogP contribution in [-0.4, -0.2) is 109 Å². The van der Waals surface area contributed by atoms with Crippen molar-refractivity contribution in [3.05, 3.63) is 89.0 Å². The first kappa shape index (κ1) is 41.1. The Morgan fingerprint density at radius 2 is 1.84 bits per heavy atom. The number of aliphatic imine (C=N–C) groups is 3. The Balaban J connectivity index is 1.07. The number of aliphatic carboxylic acids is 1. The van der Waals surface area contributed by atoms with Gasteiger partial charge in [0.05, 0.1) is 13.2 Å². The van der Waals surface area contributed by atoms with Crippen LogP contribution in [0.2, 0.25) is 0 Å². The summed E-state index contributed by atoms with van der Waals surface area (Å²) in [5.74, 6) is -2.44. The van der Waals surface area contributed by atoms with Crippen LogP contribution in [0, 0.1) is 11.3 Å². The molecule has 3 aromatic rings. The quantitative estimate of drug-likeness (QED) is 0.122. The van der Waals surface area contributed by atoms with Gasteiger partial charge in [0, 0.05) is 53.5 Å². The van der Waals surface area contributed by atoms with Gasteiger partial charge in [0.1, 0.15) is 70.3 Å². The van der Waals surface area contributed by atoms with E-state index in [1.807, 2.05) is 6.07 Å². The third kappa shape index (κ3) is 7.33. The van der Waals surface area contributed by atoms with E-state index >= 15 is 0 Å². The number of fused-ring (bicyclic) bond motifs is 4. The van der Waals surface area contributed by atoms with Crippen molar-refractivity contribution >= 4 is 35.3 Å². The number of nitrogens with zero attached hydrogens (tertiary/aromatic N) is 3. The van der Waals surface area contributed by atoms with Crippen LogP contribution < -0.4 is 18.9 Å². The van der Waals surface area contributed by atoms with Crippen molar-refractivity contribution in [2.45, 2.75) is 93.3 Å². The maximum atomic E-state index is 12.6. The van der Waals surface area contributed by atoms with Crippen LogP contribution in [0.15, 0.2) is 81.7 Å². The van der Waals surface area contributed by atoms with Crippen molar-refractivity contribution in [1.82, 2.24) is 0 Å². The number of carboxylic acids is 1. The van der Waals surface area contributed by atoms with E-state index in [0.717, 1.165) is 37.0 Å². The van der Waals surface area contributed by atoms with Crippen molar-refractivity contribution < 1.29 is 64.2 Å². The Kier molecular flexibility index (Phi) is 10.7. The van der Waals surface area contributed by atoms with Crippen molar-refractivity contribution in [3.8, 4) is 34.5 Å². The molecule has 0 radical (unpaired) electrons. The van der Waals surface area contributed by atoms with Crippen LogP contribution in [0.1, 0.15) is 73.3 Å². The van der Waals surface area contributed by atoms with Crippen molar-refractivity contribution in [2.75, 3.05) is 13.2 Å². The Hall–Kier alpha value is -6.27. The Labute approximate surface area is 355 Å². The number of amidine groups is 1. The zero-order valence-corrected chi connectivity index (χ0v) is 33.4. The highest BCUT2D eigenvalue weighted by Crippen LogP contribution is 2.58. The second kappa shape index (κ2) is 16.2. The van der Waals surface area contributed by atoms with Gasteiger partial charge in [0.25, 0.3) is 0 Å². The number of allylic oxidation sites excluding steroid dienone is 1. The second-order valence-corrected chi connectivity index (χ2v) is 16.4. The van der Waals surface area contributed by atoms with Gasteiger partial charge < -0.3 is 59.4 Å². The SMILES string of the molecule is N=C1C=CC(CCOc2ccc(C3C=C(O)c4c(cc(O[C@@H]5O[C@H](C(=O)O)[C@](O)(CC6=NC=NC6)[C@@H](O)[C@H]5O)c(O[C@]56CCC[C@@H]5CCCc5c(O)cccc56)c4O)O3)cc2)=N1. The molecule has 1 unspecified atom stereocenters. The number of ether oxygens (including phenoxy) is 5. The lowest BCUT2D eigenvalue weighted by atomic mass is 9.80. The fraction of sp³-hybridized carbons (Fsp3) is 0.400. The monoisotopic (exact) mass is 850 g/mol. The highest BCUT2D eigenvalue weighted by atomic mass is 16.7. The predicted molar refractivity (Wildman–Crippen MR) is 223 cm³/mol. The van der Waals surface area contributed by atoms with Crippen molar-refractivity contribution in [2.24, 2.45) is 20.9 Å². The predicted octanol–water partition coefficient (Wildman–Crippen LogP) is 4.81. The average Bonchev–Trinajstić information content (AvgIpc) is 4.00. The summed E-state index contributed by atoms with van der Waals surface area (Å²) in [6, 6.07) is 13.5. The molecule has 9 rings (SSSR count). The molecular formula is C45H46N4O13. The van der Waals surface area contributed by atoms with Crippen LogP contribution >= 0.6 is 0 Å². The fourth-order valence-electron chi connectivity index (χ4n) is 9.54. The second-order valence-electron chi connectivity index (χ2n) is 16.4. The summed E-state index contributed by atoms with van der Waals surface area (Å²) in [6.07, 6.45) is 1.06.